The molecular weight excluding hydrogens is 222 g/mol. The van der Waals surface area contributed by atoms with Crippen molar-refractivity contribution in [3.63, 3.8) is 0 Å². The second kappa shape index (κ2) is 12.0. The van der Waals surface area contributed by atoms with Crippen molar-refractivity contribution in [3.8, 4) is 0 Å². The van der Waals surface area contributed by atoms with E-state index in [1.807, 2.05) is 0 Å². The van der Waals surface area contributed by atoms with Crippen LogP contribution >= 0.6 is 0 Å². The molecule has 0 bridgehead atoms. The zero-order valence-electron chi connectivity index (χ0n) is 12.7. The molecule has 0 aliphatic carbocycles. The van der Waals surface area contributed by atoms with E-state index in [1.54, 1.807) is 0 Å². The fraction of sp³-hybridized carbons (Fsp3) is 1.00. The van der Waals surface area contributed by atoms with Crippen molar-refractivity contribution in [2.75, 3.05) is 6.54 Å². The van der Waals surface area contributed by atoms with Crippen molar-refractivity contribution in [1.29, 1.82) is 0 Å². The number of rotatable bonds is 13. The quantitative estimate of drug-likeness (QED) is 0.480. The van der Waals surface area contributed by atoms with Crippen LogP contribution in [0.2, 0.25) is 0 Å². The number of nitrogens with two attached hydrogens (primary N) is 1. The third kappa shape index (κ3) is 9.90. The van der Waals surface area contributed by atoms with Gasteiger partial charge in [0.05, 0.1) is 5.60 Å². The Morgan fingerprint density at radius 2 is 1.11 bits per heavy atom. The van der Waals surface area contributed by atoms with E-state index in [0.29, 0.717) is 6.54 Å². The molecule has 0 aromatic carbocycles. The van der Waals surface area contributed by atoms with Crippen LogP contribution in [0.4, 0.5) is 0 Å². The summed E-state index contributed by atoms with van der Waals surface area (Å²) in [6.07, 6.45) is 14.3. The Morgan fingerprint density at radius 1 is 0.722 bits per heavy atom. The maximum Gasteiger partial charge on any atom is 0.0769 e. The van der Waals surface area contributed by atoms with Crippen LogP contribution in [0.3, 0.4) is 0 Å². The molecular formula is C16H35NO. The highest BCUT2D eigenvalue weighted by Gasteiger charge is 2.23. The van der Waals surface area contributed by atoms with Crippen LogP contribution in [0, 0.1) is 0 Å². The molecule has 0 aromatic heterocycles. The van der Waals surface area contributed by atoms with Crippen LogP contribution in [0.5, 0.6) is 0 Å². The normalized spacial score (nSPS) is 14.7. The second-order valence-corrected chi connectivity index (χ2v) is 5.76. The number of hydrogen-bond donors (Lipinski definition) is 2. The molecule has 110 valence electrons. The summed E-state index contributed by atoms with van der Waals surface area (Å²) in [4.78, 5) is 0. The van der Waals surface area contributed by atoms with Gasteiger partial charge in [-0.1, -0.05) is 78.1 Å². The maximum absolute atomic E-state index is 10.4. The molecule has 0 aromatic rings. The van der Waals surface area contributed by atoms with Crippen molar-refractivity contribution >= 4 is 0 Å². The number of aliphatic hydroxyl groups is 1. The fourth-order valence-electron chi connectivity index (χ4n) is 2.44. The Kier molecular flexibility index (Phi) is 11.9. The van der Waals surface area contributed by atoms with Gasteiger partial charge in [-0.2, -0.15) is 0 Å². The summed E-state index contributed by atoms with van der Waals surface area (Å²) in [6, 6.07) is 0. The minimum Gasteiger partial charge on any atom is -0.389 e. The first kappa shape index (κ1) is 17.9. The molecule has 0 radical (unpaired) electrons. The van der Waals surface area contributed by atoms with Crippen LogP contribution in [0.25, 0.3) is 0 Å². The molecule has 1 atom stereocenters. The molecule has 2 heteroatoms. The van der Waals surface area contributed by atoms with Crippen LogP contribution in [-0.4, -0.2) is 17.3 Å². The third-order valence-corrected chi connectivity index (χ3v) is 3.87. The average Bonchev–Trinajstić information content (AvgIpc) is 2.39. The maximum atomic E-state index is 10.4. The van der Waals surface area contributed by atoms with Crippen LogP contribution in [0.15, 0.2) is 0 Å². The molecule has 0 saturated carbocycles. The van der Waals surface area contributed by atoms with E-state index in [2.05, 4.69) is 13.8 Å². The highest BCUT2D eigenvalue weighted by atomic mass is 16.3. The first-order valence-electron chi connectivity index (χ1n) is 8.11. The number of unbranched alkanes of at least 4 members (excludes halogenated alkanes) is 8. The van der Waals surface area contributed by atoms with Gasteiger partial charge in [-0.15, -0.1) is 0 Å². The fourth-order valence-corrected chi connectivity index (χ4v) is 2.44. The van der Waals surface area contributed by atoms with Gasteiger partial charge < -0.3 is 10.8 Å². The van der Waals surface area contributed by atoms with Gasteiger partial charge in [0.1, 0.15) is 0 Å². The van der Waals surface area contributed by atoms with Gasteiger partial charge in [-0.05, 0) is 12.8 Å². The highest BCUT2D eigenvalue weighted by molar-refractivity contribution is 4.79. The van der Waals surface area contributed by atoms with Gasteiger partial charge in [0.2, 0.25) is 0 Å². The van der Waals surface area contributed by atoms with Crippen molar-refractivity contribution < 1.29 is 5.11 Å². The largest absolute Gasteiger partial charge is 0.389 e. The highest BCUT2D eigenvalue weighted by Crippen LogP contribution is 2.22. The standard InChI is InChI=1S/C16H35NO/c1-3-5-7-9-10-12-14-16(18,15-17)13-11-8-6-4-2/h18H,3-15,17H2,1-2H3. The SMILES string of the molecule is CCCCCCCCC(O)(CN)CCCCCC. The van der Waals surface area contributed by atoms with Gasteiger partial charge in [-0.3, -0.25) is 0 Å². The summed E-state index contributed by atoms with van der Waals surface area (Å²) < 4.78 is 0. The van der Waals surface area contributed by atoms with Crippen molar-refractivity contribution in [2.24, 2.45) is 5.73 Å². The predicted molar refractivity (Wildman–Crippen MR) is 80.8 cm³/mol. The molecule has 3 N–H and O–H groups in total. The lowest BCUT2D eigenvalue weighted by molar-refractivity contribution is 0.0264. The van der Waals surface area contributed by atoms with E-state index in [1.165, 1.54) is 51.4 Å². The molecule has 0 fully saturated rings. The lowest BCUT2D eigenvalue weighted by atomic mass is 9.90. The minimum atomic E-state index is -0.585. The number of hydrogen-bond acceptors (Lipinski definition) is 2. The lowest BCUT2D eigenvalue weighted by Gasteiger charge is -2.26. The van der Waals surface area contributed by atoms with Crippen LogP contribution < -0.4 is 5.73 Å². The monoisotopic (exact) mass is 257 g/mol. The molecule has 0 amide bonds. The summed E-state index contributed by atoms with van der Waals surface area (Å²) in [5.74, 6) is 0. The van der Waals surface area contributed by atoms with Gasteiger partial charge in [0.15, 0.2) is 0 Å². The summed E-state index contributed by atoms with van der Waals surface area (Å²) in [5.41, 5.74) is 5.15. The molecule has 2 nitrogen and oxygen atoms in total. The van der Waals surface area contributed by atoms with Crippen LogP contribution in [0.1, 0.15) is 90.9 Å². The molecule has 0 spiro atoms. The molecule has 0 heterocycles. The Morgan fingerprint density at radius 3 is 1.56 bits per heavy atom. The first-order valence-corrected chi connectivity index (χ1v) is 8.11. The Hall–Kier alpha value is -0.0800. The summed E-state index contributed by atoms with van der Waals surface area (Å²) in [7, 11) is 0. The molecule has 0 saturated heterocycles. The van der Waals surface area contributed by atoms with E-state index in [0.717, 1.165) is 25.7 Å². The first-order chi connectivity index (χ1) is 8.68. The van der Waals surface area contributed by atoms with E-state index in [4.69, 9.17) is 5.73 Å². The predicted octanol–water partition coefficient (Wildman–Crippen LogP) is 4.40. The van der Waals surface area contributed by atoms with Gasteiger partial charge in [0.25, 0.3) is 0 Å². The zero-order chi connectivity index (χ0) is 13.7. The molecule has 1 unspecified atom stereocenters. The zero-order valence-corrected chi connectivity index (χ0v) is 12.7. The van der Waals surface area contributed by atoms with Gasteiger partial charge in [-0.25, -0.2) is 0 Å². The molecule has 0 aliphatic heterocycles. The summed E-state index contributed by atoms with van der Waals surface area (Å²) in [6.45, 7) is 4.88. The molecule has 0 rings (SSSR count). The minimum absolute atomic E-state index is 0.425. The van der Waals surface area contributed by atoms with E-state index < -0.39 is 5.60 Å². The van der Waals surface area contributed by atoms with Gasteiger partial charge in [0, 0.05) is 6.54 Å². The average molecular weight is 257 g/mol. The lowest BCUT2D eigenvalue weighted by Crippen LogP contribution is -2.37. The van der Waals surface area contributed by atoms with Crippen molar-refractivity contribution in [2.45, 2.75) is 96.5 Å². The summed E-state index contributed by atoms with van der Waals surface area (Å²) >= 11 is 0. The summed E-state index contributed by atoms with van der Waals surface area (Å²) in [5, 5.41) is 10.4. The van der Waals surface area contributed by atoms with Crippen LogP contribution in [-0.2, 0) is 0 Å². The van der Waals surface area contributed by atoms with Gasteiger partial charge >= 0.3 is 0 Å². The topological polar surface area (TPSA) is 46.2 Å². The second-order valence-electron chi connectivity index (χ2n) is 5.76. The van der Waals surface area contributed by atoms with Crippen molar-refractivity contribution in [1.82, 2.24) is 0 Å². The van der Waals surface area contributed by atoms with E-state index in [9.17, 15) is 5.11 Å². The molecule has 18 heavy (non-hydrogen) atoms. The van der Waals surface area contributed by atoms with Crippen molar-refractivity contribution in [3.05, 3.63) is 0 Å². The molecule has 0 aliphatic rings. The third-order valence-electron chi connectivity index (χ3n) is 3.87. The Balaban J connectivity index is 3.58. The smallest absolute Gasteiger partial charge is 0.0769 e. The Labute approximate surface area is 114 Å². The van der Waals surface area contributed by atoms with E-state index in [-0.39, 0.29) is 0 Å². The van der Waals surface area contributed by atoms with E-state index >= 15 is 0 Å². The Bertz CT molecular complexity index is 172.